The van der Waals surface area contributed by atoms with Crippen molar-refractivity contribution in [2.45, 2.75) is 13.0 Å². The topological polar surface area (TPSA) is 93.9 Å². The highest BCUT2D eigenvalue weighted by Gasteiger charge is 2.20. The van der Waals surface area contributed by atoms with Gasteiger partial charge in [0.2, 0.25) is 5.91 Å². The van der Waals surface area contributed by atoms with Crippen LogP contribution in [0, 0.1) is 10.1 Å². The molecular formula is C19H22ClN3O5. The van der Waals surface area contributed by atoms with Crippen molar-refractivity contribution in [3.8, 4) is 11.5 Å². The van der Waals surface area contributed by atoms with Crippen LogP contribution in [0.15, 0.2) is 42.5 Å². The monoisotopic (exact) mass is 407 g/mol. The Bertz CT molecular complexity index is 829. The number of nitro groups is 1. The highest BCUT2D eigenvalue weighted by molar-refractivity contribution is 6.30. The van der Waals surface area contributed by atoms with Gasteiger partial charge >= 0.3 is 0 Å². The first kappa shape index (κ1) is 21.5. The van der Waals surface area contributed by atoms with Crippen LogP contribution >= 0.6 is 11.6 Å². The minimum Gasteiger partial charge on any atom is -0.495 e. The highest BCUT2D eigenvalue weighted by atomic mass is 35.5. The van der Waals surface area contributed by atoms with E-state index in [0.717, 1.165) is 0 Å². The smallest absolute Gasteiger partial charge is 0.271 e. The molecule has 150 valence electrons. The van der Waals surface area contributed by atoms with Crippen LogP contribution in [-0.4, -0.2) is 49.1 Å². The summed E-state index contributed by atoms with van der Waals surface area (Å²) in [5.41, 5.74) is 0.118. The van der Waals surface area contributed by atoms with Gasteiger partial charge in [0, 0.05) is 23.7 Å². The zero-order valence-corrected chi connectivity index (χ0v) is 16.6. The van der Waals surface area contributed by atoms with E-state index in [0.29, 0.717) is 29.7 Å². The van der Waals surface area contributed by atoms with Gasteiger partial charge in [0.05, 0.1) is 23.8 Å². The van der Waals surface area contributed by atoms with Crippen molar-refractivity contribution in [1.82, 2.24) is 4.90 Å². The molecule has 0 fully saturated rings. The van der Waals surface area contributed by atoms with Crippen molar-refractivity contribution < 1.29 is 19.2 Å². The number of methoxy groups -OCH3 is 1. The first-order chi connectivity index (χ1) is 13.3. The van der Waals surface area contributed by atoms with E-state index in [1.54, 1.807) is 38.2 Å². The van der Waals surface area contributed by atoms with Gasteiger partial charge in [0.15, 0.2) is 0 Å². The Morgan fingerprint density at radius 1 is 1.29 bits per heavy atom. The number of anilines is 1. The van der Waals surface area contributed by atoms with E-state index in [-0.39, 0.29) is 17.3 Å². The van der Waals surface area contributed by atoms with Crippen LogP contribution in [0.5, 0.6) is 11.5 Å². The second kappa shape index (κ2) is 9.91. The second-order valence-electron chi connectivity index (χ2n) is 6.09. The summed E-state index contributed by atoms with van der Waals surface area (Å²) in [5, 5.41) is 14.3. The number of benzene rings is 2. The molecule has 2 rings (SSSR count). The van der Waals surface area contributed by atoms with Gasteiger partial charge < -0.3 is 14.8 Å². The normalized spacial score (nSPS) is 11.8. The molecule has 28 heavy (non-hydrogen) atoms. The maximum atomic E-state index is 12.5. The maximum absolute atomic E-state index is 12.5. The molecule has 0 radical (unpaired) electrons. The van der Waals surface area contributed by atoms with E-state index in [9.17, 15) is 14.9 Å². The van der Waals surface area contributed by atoms with Gasteiger partial charge in [-0.1, -0.05) is 11.6 Å². The average Bonchev–Trinajstić information content (AvgIpc) is 2.68. The van der Waals surface area contributed by atoms with Gasteiger partial charge in [0.1, 0.15) is 18.1 Å². The largest absolute Gasteiger partial charge is 0.495 e. The van der Waals surface area contributed by atoms with E-state index in [1.165, 1.54) is 25.3 Å². The molecule has 1 amide bonds. The minimum atomic E-state index is -0.529. The number of carbonyl (C=O) groups is 1. The van der Waals surface area contributed by atoms with Gasteiger partial charge in [0.25, 0.3) is 5.69 Å². The number of hydrogen-bond donors (Lipinski definition) is 1. The molecule has 0 heterocycles. The minimum absolute atomic E-state index is 0.131. The predicted molar refractivity (Wildman–Crippen MR) is 107 cm³/mol. The molecule has 0 aliphatic rings. The summed E-state index contributed by atoms with van der Waals surface area (Å²) in [4.78, 5) is 24.8. The lowest BCUT2D eigenvalue weighted by molar-refractivity contribution is -0.384. The first-order valence-electron chi connectivity index (χ1n) is 8.53. The lowest BCUT2D eigenvalue weighted by Crippen LogP contribution is -2.41. The van der Waals surface area contributed by atoms with Crippen molar-refractivity contribution >= 4 is 28.9 Å². The van der Waals surface area contributed by atoms with Crippen molar-refractivity contribution in [3.63, 3.8) is 0 Å². The number of hydrogen-bond acceptors (Lipinski definition) is 6. The van der Waals surface area contributed by atoms with Gasteiger partial charge in [-0.15, -0.1) is 0 Å². The van der Waals surface area contributed by atoms with Crippen LogP contribution in [-0.2, 0) is 4.79 Å². The zero-order valence-electron chi connectivity index (χ0n) is 15.8. The Morgan fingerprint density at radius 3 is 2.57 bits per heavy atom. The number of likely N-dealkylation sites (N-methyl/N-ethyl adjacent to an activating group) is 1. The summed E-state index contributed by atoms with van der Waals surface area (Å²) in [7, 11) is 3.22. The molecule has 0 aliphatic carbocycles. The highest BCUT2D eigenvalue weighted by Crippen LogP contribution is 2.29. The number of ether oxygens (including phenoxy) is 2. The number of carbonyl (C=O) groups excluding carboxylic acids is 1. The third kappa shape index (κ3) is 5.83. The maximum Gasteiger partial charge on any atom is 0.271 e. The van der Waals surface area contributed by atoms with E-state index in [1.807, 2.05) is 4.90 Å². The van der Waals surface area contributed by atoms with Gasteiger partial charge in [-0.2, -0.15) is 0 Å². The number of rotatable bonds is 9. The molecule has 0 aliphatic heterocycles. The Balaban J connectivity index is 1.93. The molecule has 9 heteroatoms. The molecule has 1 atom stereocenters. The number of nitro benzene ring substituents is 1. The average molecular weight is 408 g/mol. The fourth-order valence-electron chi connectivity index (χ4n) is 2.38. The molecule has 8 nitrogen and oxygen atoms in total. The van der Waals surface area contributed by atoms with Crippen LogP contribution in [0.4, 0.5) is 11.4 Å². The molecule has 0 saturated heterocycles. The van der Waals surface area contributed by atoms with Gasteiger partial charge in [-0.3, -0.25) is 19.8 Å². The SMILES string of the molecule is COc1ccc([N+](=O)[O-])cc1NC(=O)[C@@H](C)N(C)CCOc1ccc(Cl)cc1. The fourth-order valence-corrected chi connectivity index (χ4v) is 2.50. The number of amides is 1. The molecule has 0 bridgehead atoms. The lowest BCUT2D eigenvalue weighted by atomic mass is 10.2. The van der Waals surface area contributed by atoms with Gasteiger partial charge in [-0.05, 0) is 44.3 Å². The van der Waals surface area contributed by atoms with Crippen LogP contribution in [0.1, 0.15) is 6.92 Å². The van der Waals surface area contributed by atoms with Crippen LogP contribution in [0.25, 0.3) is 0 Å². The summed E-state index contributed by atoms with van der Waals surface area (Å²) in [6.07, 6.45) is 0. The van der Waals surface area contributed by atoms with Crippen molar-refractivity contribution in [2.75, 3.05) is 32.6 Å². The molecule has 0 saturated carbocycles. The Morgan fingerprint density at radius 2 is 1.96 bits per heavy atom. The summed E-state index contributed by atoms with van der Waals surface area (Å²) < 4.78 is 10.8. The Kier molecular flexibility index (Phi) is 7.60. The van der Waals surface area contributed by atoms with Crippen LogP contribution < -0.4 is 14.8 Å². The summed E-state index contributed by atoms with van der Waals surface area (Å²) in [6.45, 7) is 2.63. The molecule has 2 aromatic rings. The summed E-state index contributed by atoms with van der Waals surface area (Å²) >= 11 is 5.83. The Hall–Kier alpha value is -2.84. The fraction of sp³-hybridized carbons (Fsp3) is 0.316. The molecule has 1 N–H and O–H groups in total. The third-order valence-electron chi connectivity index (χ3n) is 4.22. The standard InChI is InChI=1S/C19H22ClN3O5/c1-13(22(2)10-11-28-16-7-4-14(20)5-8-16)19(24)21-17-12-15(23(25)26)6-9-18(17)27-3/h4-9,12-13H,10-11H2,1-3H3,(H,21,24)/t13-/m1/s1. The van der Waals surface area contributed by atoms with E-state index in [2.05, 4.69) is 5.32 Å². The summed E-state index contributed by atoms with van der Waals surface area (Å²) in [5.74, 6) is 0.726. The summed E-state index contributed by atoms with van der Waals surface area (Å²) in [6, 6.07) is 10.6. The first-order valence-corrected chi connectivity index (χ1v) is 8.91. The number of non-ortho nitro benzene ring substituents is 1. The van der Waals surface area contributed by atoms with Crippen molar-refractivity contribution in [2.24, 2.45) is 0 Å². The molecule has 2 aromatic carbocycles. The molecule has 0 aromatic heterocycles. The number of halogens is 1. The van der Waals surface area contributed by atoms with Crippen LogP contribution in [0.2, 0.25) is 5.02 Å². The second-order valence-corrected chi connectivity index (χ2v) is 6.53. The van der Waals surface area contributed by atoms with Crippen molar-refractivity contribution in [1.29, 1.82) is 0 Å². The zero-order chi connectivity index (χ0) is 20.7. The van der Waals surface area contributed by atoms with Gasteiger partial charge in [-0.25, -0.2) is 0 Å². The molecule has 0 unspecified atom stereocenters. The quantitative estimate of drug-likeness (QED) is 0.504. The lowest BCUT2D eigenvalue weighted by Gasteiger charge is -2.24. The van der Waals surface area contributed by atoms with E-state index < -0.39 is 11.0 Å². The third-order valence-corrected chi connectivity index (χ3v) is 4.47. The van der Waals surface area contributed by atoms with E-state index >= 15 is 0 Å². The number of nitrogens with one attached hydrogen (secondary N) is 1. The predicted octanol–water partition coefficient (Wildman–Crippen LogP) is 3.59. The number of nitrogens with zero attached hydrogens (tertiary/aromatic N) is 2. The van der Waals surface area contributed by atoms with Crippen molar-refractivity contribution in [3.05, 3.63) is 57.6 Å². The van der Waals surface area contributed by atoms with Crippen LogP contribution in [0.3, 0.4) is 0 Å². The van der Waals surface area contributed by atoms with E-state index in [4.69, 9.17) is 21.1 Å². The Labute approximate surface area is 168 Å². The molecular weight excluding hydrogens is 386 g/mol. The molecule has 0 spiro atoms.